The van der Waals surface area contributed by atoms with Crippen LogP contribution < -0.4 is 5.32 Å². The van der Waals surface area contributed by atoms with Crippen LogP contribution in [0.1, 0.15) is 38.5 Å². The number of rotatable bonds is 3. The summed E-state index contributed by atoms with van der Waals surface area (Å²) in [6, 6.07) is 0.773. The maximum absolute atomic E-state index is 5.49. The van der Waals surface area contributed by atoms with Gasteiger partial charge in [0.25, 0.3) is 0 Å². The molecule has 13 heavy (non-hydrogen) atoms. The van der Waals surface area contributed by atoms with Gasteiger partial charge in [-0.1, -0.05) is 12.8 Å². The summed E-state index contributed by atoms with van der Waals surface area (Å²) in [5.74, 6) is 0. The standard InChI is InChI=1S/C11H19NO/c1-2-6-10(5-1)12-9-11-7-3-4-8-13-11/h4,8,10-12H,1-3,5-7,9H2. The van der Waals surface area contributed by atoms with Crippen LogP contribution >= 0.6 is 0 Å². The van der Waals surface area contributed by atoms with Gasteiger partial charge in [0, 0.05) is 12.6 Å². The first kappa shape index (κ1) is 9.07. The number of allylic oxidation sites excluding steroid dienone is 1. The molecule has 74 valence electrons. The molecule has 0 aromatic heterocycles. The summed E-state index contributed by atoms with van der Waals surface area (Å²) in [7, 11) is 0. The Balaban J connectivity index is 1.63. The molecule has 0 bridgehead atoms. The minimum absolute atomic E-state index is 0.422. The molecule has 1 fully saturated rings. The molecule has 2 heteroatoms. The predicted octanol–water partition coefficient (Wildman–Crippen LogP) is 2.21. The second kappa shape index (κ2) is 4.66. The largest absolute Gasteiger partial charge is 0.497 e. The summed E-state index contributed by atoms with van der Waals surface area (Å²) in [6.45, 7) is 1.04. The van der Waals surface area contributed by atoms with Crippen LogP contribution in [-0.4, -0.2) is 18.7 Å². The monoisotopic (exact) mass is 181 g/mol. The first-order valence-corrected chi connectivity index (χ1v) is 5.49. The molecule has 1 atom stereocenters. The number of hydrogen-bond donors (Lipinski definition) is 1. The van der Waals surface area contributed by atoms with Crippen molar-refractivity contribution < 1.29 is 4.74 Å². The highest BCUT2D eigenvalue weighted by atomic mass is 16.5. The normalized spacial score (nSPS) is 29.1. The summed E-state index contributed by atoms with van der Waals surface area (Å²) >= 11 is 0. The van der Waals surface area contributed by atoms with Crippen molar-refractivity contribution >= 4 is 0 Å². The van der Waals surface area contributed by atoms with Crippen molar-refractivity contribution in [3.05, 3.63) is 12.3 Å². The van der Waals surface area contributed by atoms with Gasteiger partial charge in [-0.25, -0.2) is 0 Å². The van der Waals surface area contributed by atoms with Crippen molar-refractivity contribution in [2.75, 3.05) is 6.54 Å². The van der Waals surface area contributed by atoms with E-state index in [9.17, 15) is 0 Å². The van der Waals surface area contributed by atoms with Crippen molar-refractivity contribution in [3.63, 3.8) is 0 Å². The lowest BCUT2D eigenvalue weighted by Gasteiger charge is -2.21. The molecule has 1 aliphatic heterocycles. The molecule has 2 aliphatic rings. The average molecular weight is 181 g/mol. The van der Waals surface area contributed by atoms with E-state index in [1.54, 1.807) is 0 Å². The Bertz CT molecular complexity index is 173. The van der Waals surface area contributed by atoms with Gasteiger partial charge < -0.3 is 10.1 Å². The maximum Gasteiger partial charge on any atom is 0.110 e. The molecule has 2 rings (SSSR count). The van der Waals surface area contributed by atoms with Crippen LogP contribution in [0, 0.1) is 0 Å². The van der Waals surface area contributed by atoms with E-state index >= 15 is 0 Å². The van der Waals surface area contributed by atoms with Crippen molar-refractivity contribution in [2.45, 2.75) is 50.7 Å². The SMILES string of the molecule is C1=COC(CNC2CCCC2)CC1. The predicted molar refractivity (Wildman–Crippen MR) is 53.5 cm³/mol. The van der Waals surface area contributed by atoms with Gasteiger partial charge in [-0.3, -0.25) is 0 Å². The van der Waals surface area contributed by atoms with E-state index in [1.807, 2.05) is 6.26 Å². The number of hydrogen-bond acceptors (Lipinski definition) is 2. The van der Waals surface area contributed by atoms with Crippen molar-refractivity contribution in [1.82, 2.24) is 5.32 Å². The molecule has 0 saturated heterocycles. The Morgan fingerprint density at radius 1 is 1.23 bits per heavy atom. The first-order valence-electron chi connectivity index (χ1n) is 5.49. The molecule has 1 N–H and O–H groups in total. The fourth-order valence-electron chi connectivity index (χ4n) is 2.16. The van der Waals surface area contributed by atoms with Gasteiger partial charge in [0.2, 0.25) is 0 Å². The summed E-state index contributed by atoms with van der Waals surface area (Å²) in [5, 5.41) is 3.59. The smallest absolute Gasteiger partial charge is 0.110 e. The minimum Gasteiger partial charge on any atom is -0.497 e. The molecular formula is C11H19NO. The topological polar surface area (TPSA) is 21.3 Å². The zero-order valence-corrected chi connectivity index (χ0v) is 8.17. The lowest BCUT2D eigenvalue weighted by Crippen LogP contribution is -2.35. The van der Waals surface area contributed by atoms with Gasteiger partial charge in [0.15, 0.2) is 0 Å². The van der Waals surface area contributed by atoms with E-state index in [0.717, 1.165) is 12.6 Å². The molecule has 1 heterocycles. The Morgan fingerprint density at radius 2 is 2.08 bits per heavy atom. The zero-order valence-electron chi connectivity index (χ0n) is 8.17. The van der Waals surface area contributed by atoms with Crippen LogP contribution in [0.5, 0.6) is 0 Å². The van der Waals surface area contributed by atoms with Gasteiger partial charge in [0.05, 0.1) is 6.26 Å². The molecular weight excluding hydrogens is 162 g/mol. The third-order valence-electron chi connectivity index (χ3n) is 3.01. The Morgan fingerprint density at radius 3 is 2.77 bits per heavy atom. The molecule has 0 radical (unpaired) electrons. The third kappa shape index (κ3) is 2.73. The van der Waals surface area contributed by atoms with Gasteiger partial charge in [-0.15, -0.1) is 0 Å². The number of nitrogens with one attached hydrogen (secondary N) is 1. The van der Waals surface area contributed by atoms with E-state index in [0.29, 0.717) is 6.10 Å². The summed E-state index contributed by atoms with van der Waals surface area (Å²) in [6.07, 6.45) is 12.3. The van der Waals surface area contributed by atoms with Crippen LogP contribution in [0.4, 0.5) is 0 Å². The lowest BCUT2D eigenvalue weighted by atomic mass is 10.1. The molecule has 0 spiro atoms. The second-order valence-electron chi connectivity index (χ2n) is 4.10. The molecule has 2 nitrogen and oxygen atoms in total. The highest BCUT2D eigenvalue weighted by Gasteiger charge is 2.17. The molecule has 0 aromatic rings. The first-order chi connectivity index (χ1) is 6.45. The molecule has 1 saturated carbocycles. The van der Waals surface area contributed by atoms with Crippen LogP contribution in [0.2, 0.25) is 0 Å². The molecule has 1 unspecified atom stereocenters. The summed E-state index contributed by atoms with van der Waals surface area (Å²) < 4.78 is 5.49. The van der Waals surface area contributed by atoms with E-state index in [4.69, 9.17) is 4.74 Å². The second-order valence-corrected chi connectivity index (χ2v) is 4.10. The van der Waals surface area contributed by atoms with Gasteiger partial charge in [-0.2, -0.15) is 0 Å². The Hall–Kier alpha value is -0.500. The third-order valence-corrected chi connectivity index (χ3v) is 3.01. The quantitative estimate of drug-likeness (QED) is 0.720. The fraction of sp³-hybridized carbons (Fsp3) is 0.818. The molecule has 0 amide bonds. The molecule has 0 aromatic carbocycles. The van der Waals surface area contributed by atoms with Crippen LogP contribution in [0.15, 0.2) is 12.3 Å². The lowest BCUT2D eigenvalue weighted by molar-refractivity contribution is 0.119. The highest BCUT2D eigenvalue weighted by Crippen LogP contribution is 2.18. The van der Waals surface area contributed by atoms with Crippen LogP contribution in [0.3, 0.4) is 0 Å². The fourth-order valence-corrected chi connectivity index (χ4v) is 2.16. The summed E-state index contributed by atoms with van der Waals surface area (Å²) in [4.78, 5) is 0. The van der Waals surface area contributed by atoms with Crippen molar-refractivity contribution in [3.8, 4) is 0 Å². The summed E-state index contributed by atoms with van der Waals surface area (Å²) in [5.41, 5.74) is 0. The van der Waals surface area contributed by atoms with Crippen LogP contribution in [0.25, 0.3) is 0 Å². The van der Waals surface area contributed by atoms with E-state index in [2.05, 4.69) is 11.4 Å². The van der Waals surface area contributed by atoms with E-state index in [-0.39, 0.29) is 0 Å². The number of ether oxygens (including phenoxy) is 1. The van der Waals surface area contributed by atoms with E-state index < -0.39 is 0 Å². The van der Waals surface area contributed by atoms with Crippen LogP contribution in [-0.2, 0) is 4.74 Å². The van der Waals surface area contributed by atoms with E-state index in [1.165, 1.54) is 38.5 Å². The van der Waals surface area contributed by atoms with Gasteiger partial charge in [-0.05, 0) is 31.8 Å². The highest BCUT2D eigenvalue weighted by molar-refractivity contribution is 4.84. The zero-order chi connectivity index (χ0) is 8.93. The van der Waals surface area contributed by atoms with Gasteiger partial charge >= 0.3 is 0 Å². The minimum atomic E-state index is 0.422. The van der Waals surface area contributed by atoms with Crippen molar-refractivity contribution in [1.29, 1.82) is 0 Å². The maximum atomic E-state index is 5.49. The Labute approximate surface area is 80.4 Å². The average Bonchev–Trinajstić information content (AvgIpc) is 2.69. The Kier molecular flexibility index (Phi) is 3.25. The molecule has 1 aliphatic carbocycles. The van der Waals surface area contributed by atoms with Gasteiger partial charge in [0.1, 0.15) is 6.10 Å². The van der Waals surface area contributed by atoms with Crippen molar-refractivity contribution in [2.24, 2.45) is 0 Å².